The fourth-order valence-corrected chi connectivity index (χ4v) is 2.58. The Balaban J connectivity index is 0.00000364. The fraction of sp³-hybridized carbons (Fsp3) is 0.579. The Morgan fingerprint density at radius 1 is 1.41 bits per heavy atom. The normalized spacial score (nSPS) is 13.6. The third-order valence-corrected chi connectivity index (χ3v) is 4.10. The highest BCUT2D eigenvalue weighted by Gasteiger charge is 2.22. The van der Waals surface area contributed by atoms with Crippen LogP contribution in [0.25, 0.3) is 0 Å². The Kier molecular flexibility index (Phi) is 10.4. The van der Waals surface area contributed by atoms with E-state index >= 15 is 0 Å². The van der Waals surface area contributed by atoms with E-state index in [1.807, 2.05) is 24.9 Å². The van der Waals surface area contributed by atoms with Gasteiger partial charge in [0.25, 0.3) is 0 Å². The molecule has 1 aromatic carbocycles. The van der Waals surface area contributed by atoms with Crippen LogP contribution in [0.1, 0.15) is 38.2 Å². The number of nitrogens with zero attached hydrogens (tertiary/aromatic N) is 2. The van der Waals surface area contributed by atoms with Crippen LogP contribution in [0.2, 0.25) is 0 Å². The van der Waals surface area contributed by atoms with Gasteiger partial charge in [-0.2, -0.15) is 0 Å². The van der Waals surface area contributed by atoms with Gasteiger partial charge in [-0.25, -0.2) is 4.39 Å². The Bertz CT molecular complexity index is 638. The minimum Gasteiger partial charge on any atom is -0.494 e. The first-order valence-corrected chi connectivity index (χ1v) is 9.14. The topological polar surface area (TPSA) is 66.0 Å². The minimum atomic E-state index is -0.373. The Morgan fingerprint density at radius 3 is 2.74 bits per heavy atom. The lowest BCUT2D eigenvalue weighted by molar-refractivity contribution is -0.121. The quantitative estimate of drug-likeness (QED) is 0.241. The van der Waals surface area contributed by atoms with Crippen LogP contribution in [0.3, 0.4) is 0 Å². The molecule has 1 saturated carbocycles. The van der Waals surface area contributed by atoms with Gasteiger partial charge in [0, 0.05) is 39.1 Å². The van der Waals surface area contributed by atoms with E-state index in [1.165, 1.54) is 13.2 Å². The molecule has 6 nitrogen and oxygen atoms in total. The standard InChI is InChI=1S/C19H29FN4O2.HI/c1-4-21-19(22-11-5-6-18(25)23-15-8-9-15)24(2)13-14-7-10-17(26-3)16(20)12-14;/h7,10,12,15H,4-6,8-9,11,13H2,1-3H3,(H,21,22)(H,23,25);1H. The molecule has 1 fully saturated rings. The second kappa shape index (κ2) is 12.0. The zero-order chi connectivity index (χ0) is 18.9. The predicted molar refractivity (Wildman–Crippen MR) is 116 cm³/mol. The highest BCUT2D eigenvalue weighted by atomic mass is 127. The molecule has 0 spiro atoms. The summed E-state index contributed by atoms with van der Waals surface area (Å²) in [6, 6.07) is 5.34. The van der Waals surface area contributed by atoms with Gasteiger partial charge in [-0.15, -0.1) is 24.0 Å². The monoisotopic (exact) mass is 492 g/mol. The molecule has 2 rings (SSSR count). The van der Waals surface area contributed by atoms with Crippen LogP contribution in [0.5, 0.6) is 5.75 Å². The average Bonchev–Trinajstić information content (AvgIpc) is 3.41. The molecule has 0 radical (unpaired) electrons. The van der Waals surface area contributed by atoms with Crippen molar-refractivity contribution in [1.29, 1.82) is 0 Å². The van der Waals surface area contributed by atoms with E-state index < -0.39 is 0 Å². The van der Waals surface area contributed by atoms with Gasteiger partial charge in [0.1, 0.15) is 0 Å². The van der Waals surface area contributed by atoms with Gasteiger partial charge >= 0.3 is 0 Å². The SMILES string of the molecule is CCNC(=NCCCC(=O)NC1CC1)N(C)Cc1ccc(OC)c(F)c1.I. The van der Waals surface area contributed by atoms with Gasteiger partial charge in [-0.05, 0) is 43.9 Å². The highest BCUT2D eigenvalue weighted by Crippen LogP contribution is 2.19. The maximum Gasteiger partial charge on any atom is 0.220 e. The second-order valence-electron chi connectivity index (χ2n) is 6.51. The number of methoxy groups -OCH3 is 1. The second-order valence-corrected chi connectivity index (χ2v) is 6.51. The summed E-state index contributed by atoms with van der Waals surface area (Å²) in [5.41, 5.74) is 0.834. The van der Waals surface area contributed by atoms with Crippen LogP contribution in [-0.4, -0.2) is 50.1 Å². The average molecular weight is 492 g/mol. The van der Waals surface area contributed by atoms with E-state index in [9.17, 15) is 9.18 Å². The summed E-state index contributed by atoms with van der Waals surface area (Å²) in [4.78, 5) is 18.2. The van der Waals surface area contributed by atoms with Crippen molar-refractivity contribution in [3.63, 3.8) is 0 Å². The number of aliphatic imine (C=N–C) groups is 1. The number of hydrogen-bond acceptors (Lipinski definition) is 3. The largest absolute Gasteiger partial charge is 0.494 e. The summed E-state index contributed by atoms with van der Waals surface area (Å²) in [5.74, 6) is 0.713. The zero-order valence-corrected chi connectivity index (χ0v) is 18.6. The van der Waals surface area contributed by atoms with Gasteiger partial charge in [0.15, 0.2) is 17.5 Å². The van der Waals surface area contributed by atoms with Crippen molar-refractivity contribution in [3.8, 4) is 5.75 Å². The van der Waals surface area contributed by atoms with Crippen molar-refractivity contribution in [2.24, 2.45) is 4.99 Å². The molecule has 0 heterocycles. The number of carbonyl (C=O) groups excluding carboxylic acids is 1. The van der Waals surface area contributed by atoms with Crippen LogP contribution < -0.4 is 15.4 Å². The Labute approximate surface area is 178 Å². The first kappa shape index (κ1) is 23.5. The number of nitrogens with one attached hydrogen (secondary N) is 2. The number of benzene rings is 1. The smallest absolute Gasteiger partial charge is 0.220 e. The van der Waals surface area contributed by atoms with E-state index in [2.05, 4.69) is 15.6 Å². The van der Waals surface area contributed by atoms with E-state index in [-0.39, 0.29) is 41.5 Å². The Hall–Kier alpha value is -1.58. The van der Waals surface area contributed by atoms with Crippen molar-refractivity contribution in [1.82, 2.24) is 15.5 Å². The van der Waals surface area contributed by atoms with Crippen molar-refractivity contribution in [2.75, 3.05) is 27.2 Å². The molecule has 27 heavy (non-hydrogen) atoms. The maximum absolute atomic E-state index is 13.8. The van der Waals surface area contributed by atoms with E-state index in [0.29, 0.717) is 32.0 Å². The summed E-state index contributed by atoms with van der Waals surface area (Å²) in [6.45, 7) is 3.83. The van der Waals surface area contributed by atoms with Crippen molar-refractivity contribution < 1.29 is 13.9 Å². The highest BCUT2D eigenvalue weighted by molar-refractivity contribution is 14.0. The molecule has 1 aliphatic rings. The predicted octanol–water partition coefficient (Wildman–Crippen LogP) is 2.91. The van der Waals surface area contributed by atoms with Crippen LogP contribution >= 0.6 is 24.0 Å². The number of hydrogen-bond donors (Lipinski definition) is 2. The Morgan fingerprint density at radius 2 is 2.15 bits per heavy atom. The van der Waals surface area contributed by atoms with Gasteiger partial charge in [0.05, 0.1) is 7.11 Å². The molecule has 8 heteroatoms. The van der Waals surface area contributed by atoms with E-state index in [0.717, 1.165) is 30.9 Å². The zero-order valence-electron chi connectivity index (χ0n) is 16.3. The first-order chi connectivity index (χ1) is 12.5. The first-order valence-electron chi connectivity index (χ1n) is 9.14. The fourth-order valence-electron chi connectivity index (χ4n) is 2.58. The molecular formula is C19H30FIN4O2. The summed E-state index contributed by atoms with van der Waals surface area (Å²) in [6.07, 6.45) is 3.40. The van der Waals surface area contributed by atoms with Crippen LogP contribution in [0.15, 0.2) is 23.2 Å². The van der Waals surface area contributed by atoms with E-state index in [4.69, 9.17) is 4.74 Å². The number of ether oxygens (including phenoxy) is 1. The van der Waals surface area contributed by atoms with Crippen LogP contribution in [0.4, 0.5) is 4.39 Å². The molecule has 0 aromatic heterocycles. The molecular weight excluding hydrogens is 462 g/mol. The molecule has 0 saturated heterocycles. The van der Waals surface area contributed by atoms with Crippen molar-refractivity contribution in [2.45, 2.75) is 45.2 Å². The van der Waals surface area contributed by atoms with Crippen LogP contribution in [0, 0.1) is 5.82 Å². The molecule has 152 valence electrons. The number of rotatable bonds is 9. The summed E-state index contributed by atoms with van der Waals surface area (Å²) >= 11 is 0. The van der Waals surface area contributed by atoms with Crippen LogP contribution in [-0.2, 0) is 11.3 Å². The van der Waals surface area contributed by atoms with Gasteiger partial charge in [0.2, 0.25) is 5.91 Å². The number of halogens is 2. The molecule has 0 bridgehead atoms. The lowest BCUT2D eigenvalue weighted by atomic mass is 10.2. The van der Waals surface area contributed by atoms with Gasteiger partial charge < -0.3 is 20.3 Å². The molecule has 1 aliphatic carbocycles. The van der Waals surface area contributed by atoms with Gasteiger partial charge in [-0.3, -0.25) is 9.79 Å². The third-order valence-electron chi connectivity index (χ3n) is 4.10. The van der Waals surface area contributed by atoms with Crippen molar-refractivity contribution in [3.05, 3.63) is 29.6 Å². The van der Waals surface area contributed by atoms with Crippen molar-refractivity contribution >= 4 is 35.8 Å². The summed E-state index contributed by atoms with van der Waals surface area (Å²) in [5, 5.41) is 6.21. The number of carbonyl (C=O) groups is 1. The molecule has 0 atom stereocenters. The molecule has 1 aromatic rings. The lowest BCUT2D eigenvalue weighted by Crippen LogP contribution is -2.38. The molecule has 2 N–H and O–H groups in total. The van der Waals surface area contributed by atoms with E-state index in [1.54, 1.807) is 6.07 Å². The lowest BCUT2D eigenvalue weighted by Gasteiger charge is -2.22. The van der Waals surface area contributed by atoms with Gasteiger partial charge in [-0.1, -0.05) is 6.07 Å². The molecule has 1 amide bonds. The maximum atomic E-state index is 13.8. The number of guanidine groups is 1. The molecule has 0 unspecified atom stereocenters. The summed E-state index contributed by atoms with van der Waals surface area (Å²) < 4.78 is 18.8. The third kappa shape index (κ3) is 8.32. The number of amides is 1. The summed E-state index contributed by atoms with van der Waals surface area (Å²) in [7, 11) is 3.36. The molecule has 0 aliphatic heterocycles. The minimum absolute atomic E-state index is 0.